The van der Waals surface area contributed by atoms with Crippen molar-refractivity contribution >= 4 is 17.4 Å². The minimum absolute atomic E-state index is 0.253. The minimum atomic E-state index is -0.336. The first-order chi connectivity index (χ1) is 9.06. The van der Waals surface area contributed by atoms with Gasteiger partial charge in [-0.25, -0.2) is 9.37 Å². The maximum absolute atomic E-state index is 12.8. The van der Waals surface area contributed by atoms with Gasteiger partial charge in [-0.1, -0.05) is 0 Å². The van der Waals surface area contributed by atoms with E-state index < -0.39 is 0 Å². The van der Waals surface area contributed by atoms with Crippen molar-refractivity contribution in [2.45, 2.75) is 0 Å². The lowest BCUT2D eigenvalue weighted by atomic mass is 10.2. The molecule has 1 N–H and O–H groups in total. The number of hydrogen-bond acceptors (Lipinski definition) is 3. The van der Waals surface area contributed by atoms with Gasteiger partial charge >= 0.3 is 0 Å². The van der Waals surface area contributed by atoms with Gasteiger partial charge in [-0.2, -0.15) is 0 Å². The molecule has 1 aromatic carbocycles. The van der Waals surface area contributed by atoms with Crippen LogP contribution in [0.2, 0.25) is 0 Å². The number of nitrogens with one attached hydrogen (secondary N) is 1. The predicted molar refractivity (Wildman–Crippen MR) is 72.9 cm³/mol. The fourth-order valence-electron chi connectivity index (χ4n) is 1.54. The van der Waals surface area contributed by atoms with Crippen molar-refractivity contribution in [2.75, 3.05) is 24.3 Å². The Bertz CT molecular complexity index is 581. The summed E-state index contributed by atoms with van der Waals surface area (Å²) in [6.45, 7) is 0. The van der Waals surface area contributed by atoms with Crippen LogP contribution in [-0.4, -0.2) is 25.0 Å². The van der Waals surface area contributed by atoms with Crippen molar-refractivity contribution in [1.82, 2.24) is 4.98 Å². The summed E-state index contributed by atoms with van der Waals surface area (Å²) in [4.78, 5) is 18.0. The van der Waals surface area contributed by atoms with Gasteiger partial charge in [-0.15, -0.1) is 0 Å². The number of amides is 1. The molecule has 0 bridgehead atoms. The Morgan fingerprint density at radius 3 is 2.53 bits per heavy atom. The zero-order chi connectivity index (χ0) is 13.8. The van der Waals surface area contributed by atoms with Crippen LogP contribution in [0.3, 0.4) is 0 Å². The average molecular weight is 259 g/mol. The Morgan fingerprint density at radius 1 is 1.21 bits per heavy atom. The number of aromatic nitrogens is 1. The quantitative estimate of drug-likeness (QED) is 0.921. The maximum atomic E-state index is 12.8. The smallest absolute Gasteiger partial charge is 0.255 e. The van der Waals surface area contributed by atoms with Crippen molar-refractivity contribution < 1.29 is 9.18 Å². The van der Waals surface area contributed by atoms with Gasteiger partial charge < -0.3 is 10.2 Å². The van der Waals surface area contributed by atoms with E-state index in [1.165, 1.54) is 24.3 Å². The number of carbonyl (C=O) groups excluding carboxylic acids is 1. The third-order valence-corrected chi connectivity index (χ3v) is 2.57. The van der Waals surface area contributed by atoms with E-state index in [2.05, 4.69) is 10.3 Å². The normalized spacial score (nSPS) is 10.1. The fourth-order valence-corrected chi connectivity index (χ4v) is 1.54. The summed E-state index contributed by atoms with van der Waals surface area (Å²) in [7, 11) is 3.70. The molecule has 0 aliphatic carbocycles. The van der Waals surface area contributed by atoms with Gasteiger partial charge in [0, 0.05) is 31.5 Å². The molecule has 0 saturated heterocycles. The molecule has 1 aromatic heterocycles. The highest BCUT2D eigenvalue weighted by Crippen LogP contribution is 2.13. The van der Waals surface area contributed by atoms with Crippen LogP contribution in [0, 0.1) is 5.82 Å². The van der Waals surface area contributed by atoms with E-state index in [0.29, 0.717) is 17.1 Å². The van der Waals surface area contributed by atoms with Crippen molar-refractivity contribution in [2.24, 2.45) is 0 Å². The van der Waals surface area contributed by atoms with Crippen LogP contribution in [0.4, 0.5) is 15.9 Å². The molecule has 4 nitrogen and oxygen atoms in total. The lowest BCUT2D eigenvalue weighted by molar-refractivity contribution is 0.102. The van der Waals surface area contributed by atoms with Crippen molar-refractivity contribution in [3.63, 3.8) is 0 Å². The van der Waals surface area contributed by atoms with Crippen LogP contribution >= 0.6 is 0 Å². The lowest BCUT2D eigenvalue weighted by Crippen LogP contribution is -2.15. The average Bonchev–Trinajstić information content (AvgIpc) is 2.41. The third-order valence-electron chi connectivity index (χ3n) is 2.57. The molecule has 2 rings (SSSR count). The highest BCUT2D eigenvalue weighted by Gasteiger charge is 2.08. The molecule has 19 heavy (non-hydrogen) atoms. The number of anilines is 2. The second kappa shape index (κ2) is 5.48. The summed E-state index contributed by atoms with van der Waals surface area (Å²) in [6, 6.07) is 8.95. The molecule has 0 unspecified atom stereocenters. The van der Waals surface area contributed by atoms with Crippen LogP contribution in [0.5, 0.6) is 0 Å². The Balaban J connectivity index is 2.15. The van der Waals surface area contributed by atoms with Gasteiger partial charge in [0.15, 0.2) is 0 Å². The Kier molecular flexibility index (Phi) is 3.75. The van der Waals surface area contributed by atoms with Crippen LogP contribution in [0.1, 0.15) is 10.4 Å². The fraction of sp³-hybridized carbons (Fsp3) is 0.143. The van der Waals surface area contributed by atoms with Crippen molar-refractivity contribution in [1.29, 1.82) is 0 Å². The topological polar surface area (TPSA) is 45.2 Å². The molecule has 0 spiro atoms. The predicted octanol–water partition coefficient (Wildman–Crippen LogP) is 2.54. The second-order valence-electron chi connectivity index (χ2n) is 4.26. The van der Waals surface area contributed by atoms with E-state index in [0.717, 1.165) is 0 Å². The zero-order valence-corrected chi connectivity index (χ0v) is 10.7. The number of carbonyl (C=O) groups is 1. The third kappa shape index (κ3) is 3.28. The summed E-state index contributed by atoms with van der Waals surface area (Å²) >= 11 is 0. The monoisotopic (exact) mass is 259 g/mol. The van der Waals surface area contributed by atoms with Crippen LogP contribution in [0.25, 0.3) is 0 Å². The van der Waals surface area contributed by atoms with E-state index in [1.807, 2.05) is 19.0 Å². The van der Waals surface area contributed by atoms with Crippen LogP contribution in [-0.2, 0) is 0 Å². The van der Waals surface area contributed by atoms with Gasteiger partial charge in [0.2, 0.25) is 0 Å². The molecule has 0 atom stereocenters. The number of rotatable bonds is 3. The summed E-state index contributed by atoms with van der Waals surface area (Å²) < 4.78 is 12.8. The number of benzene rings is 1. The van der Waals surface area contributed by atoms with Gasteiger partial charge in [-0.3, -0.25) is 4.79 Å². The molecule has 0 saturated carbocycles. The first-order valence-corrected chi connectivity index (χ1v) is 5.76. The summed E-state index contributed by atoms with van der Waals surface area (Å²) in [5, 5.41) is 2.70. The molecule has 98 valence electrons. The van der Waals surface area contributed by atoms with E-state index >= 15 is 0 Å². The van der Waals surface area contributed by atoms with E-state index in [9.17, 15) is 9.18 Å². The number of pyridine rings is 1. The van der Waals surface area contributed by atoms with Gasteiger partial charge in [0.25, 0.3) is 5.91 Å². The number of hydrogen-bond donors (Lipinski definition) is 1. The van der Waals surface area contributed by atoms with Crippen molar-refractivity contribution in [3.05, 3.63) is 54.0 Å². The molecule has 2 aromatic rings. The molecule has 1 amide bonds. The molecular formula is C14H14FN3O. The second-order valence-corrected chi connectivity index (χ2v) is 4.26. The van der Waals surface area contributed by atoms with Gasteiger partial charge in [-0.05, 0) is 36.4 Å². The summed E-state index contributed by atoms with van der Waals surface area (Å²) in [5.74, 6) is 0.112. The lowest BCUT2D eigenvalue weighted by Gasteiger charge is -2.12. The highest BCUT2D eigenvalue weighted by atomic mass is 19.1. The summed E-state index contributed by atoms with van der Waals surface area (Å²) in [5.41, 5.74) is 1.05. The Labute approximate surface area is 110 Å². The molecular weight excluding hydrogens is 245 g/mol. The number of halogens is 1. The van der Waals surface area contributed by atoms with E-state index in [-0.39, 0.29) is 11.7 Å². The standard InChI is InChI=1S/C14H14FN3O/c1-18(2)13-9-10(7-8-16-13)14(19)17-12-5-3-11(15)4-6-12/h3-9H,1-2H3,(H,17,19). The van der Waals surface area contributed by atoms with Crippen molar-refractivity contribution in [3.8, 4) is 0 Å². The van der Waals surface area contributed by atoms with Gasteiger partial charge in [0.1, 0.15) is 11.6 Å². The maximum Gasteiger partial charge on any atom is 0.255 e. The molecule has 0 aliphatic rings. The first-order valence-electron chi connectivity index (χ1n) is 5.76. The summed E-state index contributed by atoms with van der Waals surface area (Å²) in [6.07, 6.45) is 1.58. The SMILES string of the molecule is CN(C)c1cc(C(=O)Nc2ccc(F)cc2)ccn1. The minimum Gasteiger partial charge on any atom is -0.363 e. The molecule has 0 radical (unpaired) electrons. The molecule has 0 aliphatic heterocycles. The van der Waals surface area contributed by atoms with Gasteiger partial charge in [0.05, 0.1) is 0 Å². The van der Waals surface area contributed by atoms with E-state index in [1.54, 1.807) is 18.3 Å². The zero-order valence-electron chi connectivity index (χ0n) is 10.7. The highest BCUT2D eigenvalue weighted by molar-refractivity contribution is 6.04. The first kappa shape index (κ1) is 13.0. The molecule has 1 heterocycles. The van der Waals surface area contributed by atoms with Crippen LogP contribution in [0.15, 0.2) is 42.6 Å². The Morgan fingerprint density at radius 2 is 1.89 bits per heavy atom. The Hall–Kier alpha value is -2.43. The molecule has 0 fully saturated rings. The molecule has 5 heteroatoms. The van der Waals surface area contributed by atoms with E-state index in [4.69, 9.17) is 0 Å². The number of nitrogens with zero attached hydrogens (tertiary/aromatic N) is 2. The largest absolute Gasteiger partial charge is 0.363 e. The van der Waals surface area contributed by atoms with Crippen LogP contribution < -0.4 is 10.2 Å².